The van der Waals surface area contributed by atoms with E-state index in [1.807, 2.05) is 0 Å². The molecule has 0 saturated carbocycles. The number of alkyl halides is 3. The van der Waals surface area contributed by atoms with E-state index >= 15 is 0 Å². The van der Waals surface area contributed by atoms with Crippen molar-refractivity contribution in [2.24, 2.45) is 0 Å². The number of aliphatic carboxylic acids is 1. The van der Waals surface area contributed by atoms with Crippen molar-refractivity contribution in [3.05, 3.63) is 52.8 Å². The number of carbonyl (C=O) groups is 2. The van der Waals surface area contributed by atoms with Gasteiger partial charge in [-0.25, -0.2) is 0 Å². The minimum atomic E-state index is -4.41. The van der Waals surface area contributed by atoms with Gasteiger partial charge in [-0.2, -0.15) is 18.3 Å². The van der Waals surface area contributed by atoms with Crippen LogP contribution in [-0.2, 0) is 22.6 Å². The van der Waals surface area contributed by atoms with Crippen molar-refractivity contribution in [2.45, 2.75) is 45.5 Å². The number of amides is 1. The molecule has 2 aromatic rings. The summed E-state index contributed by atoms with van der Waals surface area (Å²) in [5.41, 5.74) is 1.63. The van der Waals surface area contributed by atoms with Crippen molar-refractivity contribution in [1.29, 1.82) is 0 Å². The lowest BCUT2D eigenvalue weighted by molar-refractivity contribution is -0.143. The lowest BCUT2D eigenvalue weighted by Crippen LogP contribution is -2.31. The Morgan fingerprint density at radius 2 is 1.85 bits per heavy atom. The second-order valence-electron chi connectivity index (χ2n) is 6.23. The number of carboxylic acid groups (broad SMARTS) is 1. The van der Waals surface area contributed by atoms with Gasteiger partial charge in [-0.15, -0.1) is 0 Å². The van der Waals surface area contributed by atoms with Crippen LogP contribution in [0.5, 0.6) is 0 Å². The highest BCUT2D eigenvalue weighted by Crippen LogP contribution is 2.22. The molecule has 0 saturated heterocycles. The average Bonchev–Trinajstić information content (AvgIpc) is 2.80. The van der Waals surface area contributed by atoms with E-state index in [0.29, 0.717) is 16.8 Å². The molecule has 0 spiro atoms. The molecule has 0 fully saturated rings. The second-order valence-corrected chi connectivity index (χ2v) is 6.23. The van der Waals surface area contributed by atoms with Crippen LogP contribution >= 0.6 is 0 Å². The van der Waals surface area contributed by atoms with Gasteiger partial charge >= 0.3 is 12.1 Å². The van der Waals surface area contributed by atoms with Crippen LogP contribution in [0.2, 0.25) is 0 Å². The van der Waals surface area contributed by atoms with Crippen LogP contribution in [0.3, 0.4) is 0 Å². The molecule has 1 heterocycles. The first-order valence-electron chi connectivity index (χ1n) is 8.22. The lowest BCUT2D eigenvalue weighted by atomic mass is 10.0. The molecule has 0 aliphatic heterocycles. The van der Waals surface area contributed by atoms with Crippen LogP contribution in [0.4, 0.5) is 13.2 Å². The molecule has 0 radical (unpaired) electrons. The van der Waals surface area contributed by atoms with Crippen molar-refractivity contribution in [3.8, 4) is 0 Å². The van der Waals surface area contributed by atoms with E-state index in [9.17, 15) is 22.8 Å². The molecule has 0 bridgehead atoms. The fourth-order valence-corrected chi connectivity index (χ4v) is 2.83. The zero-order chi connectivity index (χ0) is 20.2. The van der Waals surface area contributed by atoms with E-state index < -0.39 is 30.6 Å². The molecule has 0 aliphatic carbocycles. The van der Waals surface area contributed by atoms with Gasteiger partial charge in [0.1, 0.15) is 6.54 Å². The average molecular weight is 383 g/mol. The normalized spacial score (nSPS) is 12.6. The van der Waals surface area contributed by atoms with Crippen LogP contribution in [0, 0.1) is 13.8 Å². The molecule has 1 aromatic heterocycles. The topological polar surface area (TPSA) is 84.2 Å². The van der Waals surface area contributed by atoms with E-state index in [4.69, 9.17) is 5.11 Å². The molecule has 1 unspecified atom stereocenters. The van der Waals surface area contributed by atoms with Gasteiger partial charge in [-0.3, -0.25) is 14.3 Å². The van der Waals surface area contributed by atoms with Crippen molar-refractivity contribution < 1.29 is 27.9 Å². The zero-order valence-electron chi connectivity index (χ0n) is 14.9. The number of hydrogen-bond acceptors (Lipinski definition) is 3. The number of nitrogens with one attached hydrogen (secondary N) is 1. The Morgan fingerprint density at radius 3 is 2.41 bits per heavy atom. The standard InChI is InChI=1S/C18H20F3N3O3/c1-11-14(12(2)24(23-11)10-18(19,20)21)8-16(25)22-15(9-17(26)27)13-6-4-3-5-7-13/h3-7,15H,8-10H2,1-2H3,(H,22,25)(H,26,27). The minimum absolute atomic E-state index is 0.182. The van der Waals surface area contributed by atoms with E-state index in [1.165, 1.54) is 13.8 Å². The Morgan fingerprint density at radius 1 is 1.22 bits per heavy atom. The van der Waals surface area contributed by atoms with E-state index in [2.05, 4.69) is 10.4 Å². The third-order valence-corrected chi connectivity index (χ3v) is 4.11. The number of benzene rings is 1. The quantitative estimate of drug-likeness (QED) is 0.770. The maximum absolute atomic E-state index is 12.6. The smallest absolute Gasteiger partial charge is 0.408 e. The van der Waals surface area contributed by atoms with Crippen molar-refractivity contribution in [2.75, 3.05) is 0 Å². The summed E-state index contributed by atoms with van der Waals surface area (Å²) in [6.07, 6.45) is -4.90. The number of rotatable bonds is 7. The van der Waals surface area contributed by atoms with Crippen LogP contribution in [-0.4, -0.2) is 32.9 Å². The minimum Gasteiger partial charge on any atom is -0.481 e. The number of halogens is 3. The first kappa shape index (κ1) is 20.5. The highest BCUT2D eigenvalue weighted by molar-refractivity contribution is 5.80. The molecule has 27 heavy (non-hydrogen) atoms. The largest absolute Gasteiger partial charge is 0.481 e. The van der Waals surface area contributed by atoms with Crippen LogP contribution < -0.4 is 5.32 Å². The highest BCUT2D eigenvalue weighted by Gasteiger charge is 2.30. The maximum Gasteiger partial charge on any atom is 0.408 e. The molecule has 9 heteroatoms. The number of carboxylic acids is 1. The van der Waals surface area contributed by atoms with Gasteiger partial charge in [-0.05, 0) is 19.4 Å². The molecule has 2 N–H and O–H groups in total. The fourth-order valence-electron chi connectivity index (χ4n) is 2.83. The summed E-state index contributed by atoms with van der Waals surface area (Å²) < 4.78 is 38.7. The second kappa shape index (κ2) is 8.24. The SMILES string of the molecule is Cc1nn(CC(F)(F)F)c(C)c1CC(=O)NC(CC(=O)O)c1ccccc1. The van der Waals surface area contributed by atoms with Gasteiger partial charge in [0.2, 0.25) is 5.91 Å². The zero-order valence-corrected chi connectivity index (χ0v) is 14.9. The number of hydrogen-bond donors (Lipinski definition) is 2. The molecular weight excluding hydrogens is 363 g/mol. The summed E-state index contributed by atoms with van der Waals surface area (Å²) >= 11 is 0. The fraction of sp³-hybridized carbons (Fsp3) is 0.389. The van der Waals surface area contributed by atoms with Gasteiger partial charge < -0.3 is 10.4 Å². The summed E-state index contributed by atoms with van der Waals surface area (Å²) in [7, 11) is 0. The number of carbonyl (C=O) groups excluding carboxylic acids is 1. The lowest BCUT2D eigenvalue weighted by Gasteiger charge is -2.17. The summed E-state index contributed by atoms with van der Waals surface area (Å²) in [5.74, 6) is -1.56. The molecule has 0 aliphatic rings. The van der Waals surface area contributed by atoms with Crippen LogP contribution in [0.25, 0.3) is 0 Å². The Bertz CT molecular complexity index is 816. The summed E-state index contributed by atoms with van der Waals surface area (Å²) in [4.78, 5) is 23.5. The monoisotopic (exact) mass is 383 g/mol. The van der Waals surface area contributed by atoms with E-state index in [-0.39, 0.29) is 18.5 Å². The number of aryl methyl sites for hydroxylation is 1. The molecule has 1 aromatic carbocycles. The third kappa shape index (κ3) is 5.83. The first-order chi connectivity index (χ1) is 12.6. The molecule has 6 nitrogen and oxygen atoms in total. The van der Waals surface area contributed by atoms with Gasteiger partial charge in [0, 0.05) is 11.3 Å². The van der Waals surface area contributed by atoms with Gasteiger partial charge in [0.25, 0.3) is 0 Å². The van der Waals surface area contributed by atoms with Crippen LogP contribution in [0.1, 0.15) is 35.0 Å². The Labute approximate surface area is 154 Å². The number of aromatic nitrogens is 2. The molecule has 1 atom stereocenters. The van der Waals surface area contributed by atoms with E-state index in [0.717, 1.165) is 4.68 Å². The van der Waals surface area contributed by atoms with E-state index in [1.54, 1.807) is 30.3 Å². The van der Waals surface area contributed by atoms with Crippen LogP contribution in [0.15, 0.2) is 30.3 Å². The summed E-state index contributed by atoms with van der Waals surface area (Å²) in [5, 5.41) is 15.6. The maximum atomic E-state index is 12.6. The Kier molecular flexibility index (Phi) is 6.24. The molecule has 146 valence electrons. The predicted molar refractivity (Wildman–Crippen MR) is 91.0 cm³/mol. The summed E-state index contributed by atoms with van der Waals surface area (Å²) in [6, 6.07) is 7.89. The molecular formula is C18H20F3N3O3. The summed E-state index contributed by atoms with van der Waals surface area (Å²) in [6.45, 7) is 1.78. The Balaban J connectivity index is 2.15. The van der Waals surface area contributed by atoms with Crippen molar-refractivity contribution in [3.63, 3.8) is 0 Å². The highest BCUT2D eigenvalue weighted by atomic mass is 19.4. The van der Waals surface area contributed by atoms with Gasteiger partial charge in [-0.1, -0.05) is 30.3 Å². The van der Waals surface area contributed by atoms with Gasteiger partial charge in [0.05, 0.1) is 24.6 Å². The number of nitrogens with zero attached hydrogens (tertiary/aromatic N) is 2. The molecule has 2 rings (SSSR count). The van der Waals surface area contributed by atoms with Crippen molar-refractivity contribution in [1.82, 2.24) is 15.1 Å². The predicted octanol–water partition coefficient (Wildman–Crippen LogP) is 2.94. The molecule has 1 amide bonds. The Hall–Kier alpha value is -2.84. The van der Waals surface area contributed by atoms with Crippen molar-refractivity contribution >= 4 is 11.9 Å². The third-order valence-electron chi connectivity index (χ3n) is 4.11. The van der Waals surface area contributed by atoms with Gasteiger partial charge in [0.15, 0.2) is 0 Å². The first-order valence-corrected chi connectivity index (χ1v) is 8.22.